The molecule has 0 radical (unpaired) electrons. The molecule has 1 aromatic carbocycles. The maximum absolute atomic E-state index is 12.4. The molecule has 0 heterocycles. The third kappa shape index (κ3) is 3.20. The van der Waals surface area contributed by atoms with Crippen LogP contribution in [0.15, 0.2) is 18.2 Å². The van der Waals surface area contributed by atoms with Gasteiger partial charge in [0, 0.05) is 0 Å². The van der Waals surface area contributed by atoms with Gasteiger partial charge in [-0.1, -0.05) is 6.07 Å². The van der Waals surface area contributed by atoms with Crippen LogP contribution in [0.2, 0.25) is 0 Å². The molecule has 1 atom stereocenters. The Morgan fingerprint density at radius 3 is 2.06 bits per heavy atom. The summed E-state index contributed by atoms with van der Waals surface area (Å²) >= 11 is 0. The van der Waals surface area contributed by atoms with E-state index in [1.54, 1.807) is 0 Å². The van der Waals surface area contributed by atoms with Crippen molar-refractivity contribution in [3.05, 3.63) is 34.9 Å². The third-order valence-corrected chi connectivity index (χ3v) is 2.56. The smallest absolute Gasteiger partial charge is 0.387 e. The van der Waals surface area contributed by atoms with Gasteiger partial charge in [-0.2, -0.15) is 13.2 Å². The fourth-order valence-corrected chi connectivity index (χ4v) is 1.54. The fraction of sp³-hybridized carbons (Fsp3) is 0.500. The Morgan fingerprint density at radius 2 is 1.71 bits per heavy atom. The highest BCUT2D eigenvalue weighted by Gasteiger charge is 2.32. The summed E-state index contributed by atoms with van der Waals surface area (Å²) in [5.41, 5.74) is -1.56. The number of aryl methyl sites for hydroxylation is 1. The molecule has 5 heteroatoms. The second-order valence-corrected chi connectivity index (χ2v) is 4.63. The molecule has 0 aliphatic rings. The topological polar surface area (TPSA) is 40.5 Å². The third-order valence-electron chi connectivity index (χ3n) is 2.56. The van der Waals surface area contributed by atoms with Crippen molar-refractivity contribution >= 4 is 0 Å². The van der Waals surface area contributed by atoms with E-state index in [0.717, 1.165) is 12.1 Å². The van der Waals surface area contributed by atoms with Gasteiger partial charge in [0.05, 0.1) is 11.2 Å². The summed E-state index contributed by atoms with van der Waals surface area (Å²) in [4.78, 5) is 0. The summed E-state index contributed by atoms with van der Waals surface area (Å²) in [6, 6.07) is 3.06. The van der Waals surface area contributed by atoms with Gasteiger partial charge in [-0.25, -0.2) is 0 Å². The van der Waals surface area contributed by atoms with Gasteiger partial charge in [0.15, 0.2) is 0 Å². The predicted molar refractivity (Wildman–Crippen MR) is 57.4 cm³/mol. The lowest BCUT2D eigenvalue weighted by atomic mass is 9.91. The van der Waals surface area contributed by atoms with Gasteiger partial charge in [-0.05, 0) is 44.0 Å². The van der Waals surface area contributed by atoms with Gasteiger partial charge < -0.3 is 10.2 Å². The maximum Gasteiger partial charge on any atom is 0.416 e. The number of benzene rings is 1. The standard InChI is InChI=1S/C12H15F3O2/c1-7-6-8(12(13,14)15)4-5-9(7)10(16)11(2,3)17/h4-6,10,16-17H,1-3H3. The molecule has 0 saturated carbocycles. The number of alkyl halides is 3. The first-order chi connectivity index (χ1) is 7.53. The molecule has 0 aromatic heterocycles. The van der Waals surface area contributed by atoms with Crippen molar-refractivity contribution in [2.24, 2.45) is 0 Å². The number of hydrogen-bond donors (Lipinski definition) is 2. The van der Waals surface area contributed by atoms with Crippen LogP contribution < -0.4 is 0 Å². The average molecular weight is 248 g/mol. The Morgan fingerprint density at radius 1 is 1.18 bits per heavy atom. The van der Waals surface area contributed by atoms with Gasteiger partial charge >= 0.3 is 6.18 Å². The van der Waals surface area contributed by atoms with Gasteiger partial charge in [-0.15, -0.1) is 0 Å². The second kappa shape index (κ2) is 4.31. The van der Waals surface area contributed by atoms with Crippen molar-refractivity contribution in [2.75, 3.05) is 0 Å². The van der Waals surface area contributed by atoms with Crippen LogP contribution in [-0.2, 0) is 6.18 Å². The van der Waals surface area contributed by atoms with Gasteiger partial charge in [0.2, 0.25) is 0 Å². The summed E-state index contributed by atoms with van der Waals surface area (Å²) < 4.78 is 37.3. The van der Waals surface area contributed by atoms with E-state index >= 15 is 0 Å². The Balaban J connectivity index is 3.15. The molecule has 0 fully saturated rings. The molecule has 96 valence electrons. The summed E-state index contributed by atoms with van der Waals surface area (Å²) in [5, 5.41) is 19.4. The van der Waals surface area contributed by atoms with Gasteiger partial charge in [-0.3, -0.25) is 0 Å². The average Bonchev–Trinajstić information content (AvgIpc) is 2.13. The Hall–Kier alpha value is -1.07. The van der Waals surface area contributed by atoms with Crippen molar-refractivity contribution in [2.45, 2.75) is 38.7 Å². The van der Waals surface area contributed by atoms with Gasteiger partial charge in [0.1, 0.15) is 6.10 Å². The van der Waals surface area contributed by atoms with Crippen LogP contribution in [0.1, 0.15) is 36.6 Å². The van der Waals surface area contributed by atoms with Crippen molar-refractivity contribution in [3.63, 3.8) is 0 Å². The molecule has 2 nitrogen and oxygen atoms in total. The van der Waals surface area contributed by atoms with E-state index in [1.165, 1.54) is 26.8 Å². The molecule has 0 aliphatic heterocycles. The highest BCUT2D eigenvalue weighted by Crippen LogP contribution is 2.33. The first-order valence-electron chi connectivity index (χ1n) is 5.11. The quantitative estimate of drug-likeness (QED) is 0.844. The van der Waals surface area contributed by atoms with Crippen LogP contribution >= 0.6 is 0 Å². The maximum atomic E-state index is 12.4. The van der Waals surface area contributed by atoms with E-state index in [-0.39, 0.29) is 0 Å². The number of aliphatic hydroxyl groups is 2. The monoisotopic (exact) mass is 248 g/mol. The molecular formula is C12H15F3O2. The minimum Gasteiger partial charge on any atom is -0.387 e. The van der Waals surface area contributed by atoms with Crippen LogP contribution in [0.4, 0.5) is 13.2 Å². The van der Waals surface area contributed by atoms with E-state index in [4.69, 9.17) is 0 Å². The summed E-state index contributed by atoms with van der Waals surface area (Å²) in [7, 11) is 0. The molecule has 1 rings (SSSR count). The first-order valence-corrected chi connectivity index (χ1v) is 5.11. The molecule has 2 N–H and O–H groups in total. The van der Waals surface area contributed by atoms with Gasteiger partial charge in [0.25, 0.3) is 0 Å². The first kappa shape index (κ1) is 14.0. The molecule has 1 aromatic rings. The SMILES string of the molecule is Cc1cc(C(F)(F)F)ccc1C(O)C(C)(C)O. The second-order valence-electron chi connectivity index (χ2n) is 4.63. The molecule has 0 aliphatic carbocycles. The van der Waals surface area contributed by atoms with Crippen LogP contribution in [-0.4, -0.2) is 15.8 Å². The number of rotatable bonds is 2. The molecular weight excluding hydrogens is 233 g/mol. The van der Waals surface area contributed by atoms with Crippen molar-refractivity contribution < 1.29 is 23.4 Å². The van der Waals surface area contributed by atoms with E-state index < -0.39 is 23.4 Å². The number of aliphatic hydroxyl groups excluding tert-OH is 1. The summed E-state index contributed by atoms with van der Waals surface area (Å²) in [6.07, 6.45) is -5.62. The Labute approximate surface area is 97.7 Å². The summed E-state index contributed by atoms with van der Waals surface area (Å²) in [5.74, 6) is 0. The largest absolute Gasteiger partial charge is 0.416 e. The lowest BCUT2D eigenvalue weighted by molar-refractivity contribution is -0.137. The highest BCUT2D eigenvalue weighted by molar-refractivity contribution is 5.34. The summed E-state index contributed by atoms with van der Waals surface area (Å²) in [6.45, 7) is 4.27. The lowest BCUT2D eigenvalue weighted by Crippen LogP contribution is -2.29. The number of halogens is 3. The van der Waals surface area contributed by atoms with Crippen molar-refractivity contribution in [1.29, 1.82) is 0 Å². The lowest BCUT2D eigenvalue weighted by Gasteiger charge is -2.26. The highest BCUT2D eigenvalue weighted by atomic mass is 19.4. The molecule has 0 spiro atoms. The zero-order valence-electron chi connectivity index (χ0n) is 9.84. The minimum absolute atomic E-state index is 0.297. The minimum atomic E-state index is -4.40. The van der Waals surface area contributed by atoms with Crippen molar-refractivity contribution in [3.8, 4) is 0 Å². The van der Waals surface area contributed by atoms with Crippen LogP contribution in [0.3, 0.4) is 0 Å². The zero-order valence-corrected chi connectivity index (χ0v) is 9.84. The molecule has 17 heavy (non-hydrogen) atoms. The van der Waals surface area contributed by atoms with Crippen LogP contribution in [0.5, 0.6) is 0 Å². The van der Waals surface area contributed by atoms with E-state index in [9.17, 15) is 23.4 Å². The predicted octanol–water partition coefficient (Wildman–Crippen LogP) is 2.82. The van der Waals surface area contributed by atoms with E-state index in [2.05, 4.69) is 0 Å². The number of hydrogen-bond acceptors (Lipinski definition) is 2. The Kier molecular flexibility index (Phi) is 3.55. The fourth-order valence-electron chi connectivity index (χ4n) is 1.54. The Bertz CT molecular complexity index is 405. The molecule has 0 amide bonds. The zero-order chi connectivity index (χ0) is 13.4. The van der Waals surface area contributed by atoms with Crippen LogP contribution in [0, 0.1) is 6.92 Å². The van der Waals surface area contributed by atoms with Crippen molar-refractivity contribution in [1.82, 2.24) is 0 Å². The molecule has 0 bridgehead atoms. The molecule has 0 saturated heterocycles. The molecule has 1 unspecified atom stereocenters. The van der Waals surface area contributed by atoms with Crippen LogP contribution in [0.25, 0.3) is 0 Å². The van der Waals surface area contributed by atoms with E-state index in [1.807, 2.05) is 0 Å². The van der Waals surface area contributed by atoms with E-state index in [0.29, 0.717) is 11.1 Å². The normalized spacial score (nSPS) is 14.8.